The second-order valence-corrected chi connectivity index (χ2v) is 5.18. The van der Waals surface area contributed by atoms with Crippen LogP contribution in [-0.2, 0) is 4.79 Å². The molecule has 0 saturated heterocycles. The Bertz CT molecular complexity index is 200. The van der Waals surface area contributed by atoms with E-state index in [2.05, 4.69) is 12.2 Å². The Morgan fingerprint density at radius 2 is 2.06 bits per heavy atom. The van der Waals surface area contributed by atoms with Crippen LogP contribution in [0.2, 0.25) is 0 Å². The van der Waals surface area contributed by atoms with Gasteiger partial charge >= 0.3 is 5.97 Å². The van der Waals surface area contributed by atoms with E-state index in [1.165, 1.54) is 25.7 Å². The summed E-state index contributed by atoms with van der Waals surface area (Å²) >= 11 is 0. The second-order valence-electron chi connectivity index (χ2n) is 5.18. The molecule has 0 radical (unpaired) electrons. The van der Waals surface area contributed by atoms with E-state index in [1.807, 2.05) is 0 Å². The van der Waals surface area contributed by atoms with Crippen molar-refractivity contribution < 1.29 is 9.90 Å². The maximum Gasteiger partial charge on any atom is 0.303 e. The van der Waals surface area contributed by atoms with Crippen LogP contribution >= 0.6 is 0 Å². The van der Waals surface area contributed by atoms with E-state index in [0.29, 0.717) is 12.3 Å². The monoisotopic (exact) mass is 227 g/mol. The van der Waals surface area contributed by atoms with E-state index in [4.69, 9.17) is 5.11 Å². The molecule has 0 spiro atoms. The zero-order valence-corrected chi connectivity index (χ0v) is 10.4. The van der Waals surface area contributed by atoms with Gasteiger partial charge in [0.2, 0.25) is 0 Å². The normalized spacial score (nSPS) is 18.8. The zero-order valence-electron chi connectivity index (χ0n) is 10.4. The number of nitrogens with one attached hydrogen (secondary N) is 1. The average Bonchev–Trinajstić information content (AvgIpc) is 2.74. The highest BCUT2D eigenvalue weighted by Crippen LogP contribution is 2.23. The summed E-state index contributed by atoms with van der Waals surface area (Å²) in [6.07, 6.45) is 7.80. The topological polar surface area (TPSA) is 49.3 Å². The number of aliphatic carboxylic acids is 1. The fourth-order valence-corrected chi connectivity index (χ4v) is 2.38. The predicted octanol–water partition coefficient (Wildman–Crippen LogP) is 2.66. The van der Waals surface area contributed by atoms with Crippen LogP contribution in [0.4, 0.5) is 0 Å². The third-order valence-corrected chi connectivity index (χ3v) is 3.57. The Hall–Kier alpha value is -0.570. The molecular formula is C13H25NO2. The SMILES string of the molecule is CC(CCNCC1CCCC1)CCC(=O)O. The van der Waals surface area contributed by atoms with Gasteiger partial charge < -0.3 is 10.4 Å². The molecule has 3 heteroatoms. The van der Waals surface area contributed by atoms with Crippen LogP contribution < -0.4 is 5.32 Å². The number of rotatable bonds is 8. The predicted molar refractivity (Wildman–Crippen MR) is 65.5 cm³/mol. The Morgan fingerprint density at radius 3 is 2.69 bits per heavy atom. The Labute approximate surface area is 98.6 Å². The van der Waals surface area contributed by atoms with Gasteiger partial charge in [0.05, 0.1) is 0 Å². The number of carboxylic acids is 1. The molecule has 16 heavy (non-hydrogen) atoms. The van der Waals surface area contributed by atoms with Crippen molar-refractivity contribution in [3.05, 3.63) is 0 Å². The molecule has 0 bridgehead atoms. The lowest BCUT2D eigenvalue weighted by Gasteiger charge is -2.13. The van der Waals surface area contributed by atoms with Gasteiger partial charge in [-0.25, -0.2) is 0 Å². The summed E-state index contributed by atoms with van der Waals surface area (Å²) < 4.78 is 0. The molecular weight excluding hydrogens is 202 g/mol. The van der Waals surface area contributed by atoms with Crippen LogP contribution in [0.25, 0.3) is 0 Å². The quantitative estimate of drug-likeness (QED) is 0.627. The van der Waals surface area contributed by atoms with E-state index >= 15 is 0 Å². The highest BCUT2D eigenvalue weighted by molar-refractivity contribution is 5.66. The molecule has 1 saturated carbocycles. The molecule has 0 aromatic carbocycles. The molecule has 1 rings (SSSR count). The van der Waals surface area contributed by atoms with E-state index in [0.717, 1.165) is 31.8 Å². The summed E-state index contributed by atoms with van der Waals surface area (Å²) in [5.74, 6) is 0.743. The number of carbonyl (C=O) groups is 1. The van der Waals surface area contributed by atoms with Gasteiger partial charge in [-0.3, -0.25) is 4.79 Å². The maximum atomic E-state index is 10.4. The van der Waals surface area contributed by atoms with Gasteiger partial charge in [-0.05, 0) is 50.6 Å². The van der Waals surface area contributed by atoms with Crippen LogP contribution in [0.1, 0.15) is 51.9 Å². The third-order valence-electron chi connectivity index (χ3n) is 3.57. The summed E-state index contributed by atoms with van der Waals surface area (Å²) in [6, 6.07) is 0. The van der Waals surface area contributed by atoms with Crippen LogP contribution in [0.3, 0.4) is 0 Å². The first-order valence-corrected chi connectivity index (χ1v) is 6.61. The van der Waals surface area contributed by atoms with Gasteiger partial charge in [0, 0.05) is 6.42 Å². The molecule has 2 N–H and O–H groups in total. The van der Waals surface area contributed by atoms with Gasteiger partial charge in [0.15, 0.2) is 0 Å². The number of hydrogen-bond donors (Lipinski definition) is 2. The van der Waals surface area contributed by atoms with Crippen molar-refractivity contribution in [2.24, 2.45) is 11.8 Å². The van der Waals surface area contributed by atoms with Crippen molar-refractivity contribution in [1.82, 2.24) is 5.32 Å². The summed E-state index contributed by atoms with van der Waals surface area (Å²) in [7, 11) is 0. The highest BCUT2D eigenvalue weighted by Gasteiger charge is 2.14. The average molecular weight is 227 g/mol. The molecule has 0 aliphatic heterocycles. The first-order valence-electron chi connectivity index (χ1n) is 6.61. The van der Waals surface area contributed by atoms with Crippen molar-refractivity contribution in [3.8, 4) is 0 Å². The Kier molecular flexibility index (Phi) is 6.46. The molecule has 1 aliphatic carbocycles. The van der Waals surface area contributed by atoms with Gasteiger partial charge in [0.25, 0.3) is 0 Å². The molecule has 0 aromatic heterocycles. The molecule has 3 nitrogen and oxygen atoms in total. The molecule has 0 amide bonds. The highest BCUT2D eigenvalue weighted by atomic mass is 16.4. The van der Waals surface area contributed by atoms with Gasteiger partial charge in [-0.15, -0.1) is 0 Å². The van der Waals surface area contributed by atoms with Gasteiger partial charge in [0.1, 0.15) is 0 Å². The molecule has 0 heterocycles. The fraction of sp³-hybridized carbons (Fsp3) is 0.923. The second kappa shape index (κ2) is 7.66. The lowest BCUT2D eigenvalue weighted by atomic mass is 10.0. The minimum Gasteiger partial charge on any atom is -0.481 e. The first kappa shape index (κ1) is 13.5. The van der Waals surface area contributed by atoms with Gasteiger partial charge in [-0.2, -0.15) is 0 Å². The molecule has 94 valence electrons. The molecule has 1 atom stereocenters. The summed E-state index contributed by atoms with van der Waals surface area (Å²) in [5, 5.41) is 12.1. The standard InChI is InChI=1S/C13H25NO2/c1-11(6-7-13(15)16)8-9-14-10-12-4-2-3-5-12/h11-12,14H,2-10H2,1H3,(H,15,16). The minimum atomic E-state index is -0.675. The lowest BCUT2D eigenvalue weighted by molar-refractivity contribution is -0.137. The third kappa shape index (κ3) is 6.11. The fourth-order valence-electron chi connectivity index (χ4n) is 2.38. The molecule has 1 unspecified atom stereocenters. The maximum absolute atomic E-state index is 10.4. The summed E-state index contributed by atoms with van der Waals surface area (Å²) in [6.45, 7) is 4.34. The van der Waals surface area contributed by atoms with Crippen molar-refractivity contribution in [3.63, 3.8) is 0 Å². The smallest absolute Gasteiger partial charge is 0.303 e. The number of hydrogen-bond acceptors (Lipinski definition) is 2. The van der Waals surface area contributed by atoms with Crippen molar-refractivity contribution >= 4 is 5.97 Å². The van der Waals surface area contributed by atoms with Crippen LogP contribution in [0, 0.1) is 11.8 Å². The number of carboxylic acid groups (broad SMARTS) is 1. The van der Waals surface area contributed by atoms with E-state index in [1.54, 1.807) is 0 Å². The van der Waals surface area contributed by atoms with Crippen molar-refractivity contribution in [1.29, 1.82) is 0 Å². The Balaban J connectivity index is 1.91. The molecule has 1 fully saturated rings. The van der Waals surface area contributed by atoms with Crippen LogP contribution in [0.15, 0.2) is 0 Å². The van der Waals surface area contributed by atoms with Crippen LogP contribution in [0.5, 0.6) is 0 Å². The molecule has 1 aliphatic rings. The summed E-state index contributed by atoms with van der Waals surface area (Å²) in [5.41, 5.74) is 0. The minimum absolute atomic E-state index is 0.309. The lowest BCUT2D eigenvalue weighted by Crippen LogP contribution is -2.23. The molecule has 0 aromatic rings. The van der Waals surface area contributed by atoms with Crippen molar-refractivity contribution in [2.45, 2.75) is 51.9 Å². The summed E-state index contributed by atoms with van der Waals surface area (Å²) in [4.78, 5) is 10.4. The largest absolute Gasteiger partial charge is 0.481 e. The van der Waals surface area contributed by atoms with E-state index in [-0.39, 0.29) is 0 Å². The van der Waals surface area contributed by atoms with E-state index in [9.17, 15) is 4.79 Å². The Morgan fingerprint density at radius 1 is 1.38 bits per heavy atom. The van der Waals surface area contributed by atoms with Gasteiger partial charge in [-0.1, -0.05) is 19.8 Å². The first-order chi connectivity index (χ1) is 7.68. The van der Waals surface area contributed by atoms with E-state index < -0.39 is 5.97 Å². The zero-order chi connectivity index (χ0) is 11.8. The van der Waals surface area contributed by atoms with Crippen molar-refractivity contribution in [2.75, 3.05) is 13.1 Å². The van der Waals surface area contributed by atoms with Crippen LogP contribution in [-0.4, -0.2) is 24.2 Å².